The van der Waals surface area contributed by atoms with E-state index >= 15 is 0 Å². The third-order valence-electron chi connectivity index (χ3n) is 1.90. The molecule has 1 aromatic rings. The molecule has 0 unspecified atom stereocenters. The minimum absolute atomic E-state index is 0.0741. The van der Waals surface area contributed by atoms with E-state index in [-0.39, 0.29) is 5.56 Å². The van der Waals surface area contributed by atoms with E-state index < -0.39 is 0 Å². The zero-order chi connectivity index (χ0) is 9.84. The first kappa shape index (κ1) is 9.99. The van der Waals surface area contributed by atoms with E-state index in [0.29, 0.717) is 18.0 Å². The van der Waals surface area contributed by atoms with Crippen LogP contribution in [0.25, 0.3) is 0 Å². The summed E-state index contributed by atoms with van der Waals surface area (Å²) in [6.45, 7) is 4.60. The maximum absolute atomic E-state index is 11.2. The van der Waals surface area contributed by atoms with Crippen molar-refractivity contribution >= 4 is 0 Å². The minimum atomic E-state index is -0.0741. The fraction of sp³-hybridized carbons (Fsp3) is 0.500. The monoisotopic (exact) mass is 180 g/mol. The Balaban J connectivity index is 2.93. The van der Waals surface area contributed by atoms with Gasteiger partial charge in [-0.1, -0.05) is 13.8 Å². The quantitative estimate of drug-likeness (QED) is 0.730. The number of H-pyrrole nitrogens is 1. The lowest BCUT2D eigenvalue weighted by Gasteiger charge is -2.05. The molecular weight excluding hydrogens is 164 g/mol. The van der Waals surface area contributed by atoms with Crippen LogP contribution in [-0.2, 0) is 13.0 Å². The SMILES string of the molecule is CC(C)Cc1c[nH]c(=O)c(CN)c1. The molecule has 1 aromatic heterocycles. The summed E-state index contributed by atoms with van der Waals surface area (Å²) in [6.07, 6.45) is 2.74. The Morgan fingerprint density at radius 3 is 2.77 bits per heavy atom. The highest BCUT2D eigenvalue weighted by Gasteiger charge is 2.01. The van der Waals surface area contributed by atoms with Crippen LogP contribution in [0.1, 0.15) is 25.0 Å². The van der Waals surface area contributed by atoms with Crippen LogP contribution in [0.4, 0.5) is 0 Å². The van der Waals surface area contributed by atoms with E-state index in [9.17, 15) is 4.79 Å². The summed E-state index contributed by atoms with van der Waals surface area (Å²) in [4.78, 5) is 13.8. The van der Waals surface area contributed by atoms with E-state index in [1.54, 1.807) is 6.20 Å². The molecule has 0 aliphatic rings. The van der Waals surface area contributed by atoms with Gasteiger partial charge in [0.25, 0.3) is 5.56 Å². The molecule has 3 heteroatoms. The Labute approximate surface area is 78.0 Å². The molecule has 0 aliphatic carbocycles. The lowest BCUT2D eigenvalue weighted by atomic mass is 10.0. The maximum Gasteiger partial charge on any atom is 0.252 e. The molecule has 0 aromatic carbocycles. The van der Waals surface area contributed by atoms with Gasteiger partial charge < -0.3 is 10.7 Å². The second-order valence-corrected chi connectivity index (χ2v) is 3.66. The molecule has 3 nitrogen and oxygen atoms in total. The van der Waals surface area contributed by atoms with Gasteiger partial charge in [0.15, 0.2) is 0 Å². The van der Waals surface area contributed by atoms with Gasteiger partial charge in [-0.05, 0) is 24.0 Å². The summed E-state index contributed by atoms with van der Waals surface area (Å²) in [5.74, 6) is 0.594. The van der Waals surface area contributed by atoms with Crippen molar-refractivity contribution < 1.29 is 0 Å². The molecule has 0 spiro atoms. The molecule has 0 saturated heterocycles. The lowest BCUT2D eigenvalue weighted by molar-refractivity contribution is 0.644. The van der Waals surface area contributed by atoms with Crippen LogP contribution in [0, 0.1) is 5.92 Å². The first-order chi connectivity index (χ1) is 6.13. The summed E-state index contributed by atoms with van der Waals surface area (Å²) < 4.78 is 0. The third kappa shape index (κ3) is 2.70. The van der Waals surface area contributed by atoms with E-state index in [0.717, 1.165) is 12.0 Å². The lowest BCUT2D eigenvalue weighted by Crippen LogP contribution is -2.16. The fourth-order valence-electron chi connectivity index (χ4n) is 1.32. The number of nitrogens with one attached hydrogen (secondary N) is 1. The second-order valence-electron chi connectivity index (χ2n) is 3.66. The van der Waals surface area contributed by atoms with Gasteiger partial charge in [-0.25, -0.2) is 0 Å². The Morgan fingerprint density at radius 2 is 2.23 bits per heavy atom. The van der Waals surface area contributed by atoms with E-state index in [1.165, 1.54) is 0 Å². The van der Waals surface area contributed by atoms with E-state index in [2.05, 4.69) is 18.8 Å². The number of hydrogen-bond donors (Lipinski definition) is 2. The Morgan fingerprint density at radius 1 is 1.54 bits per heavy atom. The molecule has 0 radical (unpaired) electrons. The molecule has 3 N–H and O–H groups in total. The highest BCUT2D eigenvalue weighted by atomic mass is 16.1. The van der Waals surface area contributed by atoms with Gasteiger partial charge in [0.2, 0.25) is 0 Å². The van der Waals surface area contributed by atoms with Crippen LogP contribution in [0.5, 0.6) is 0 Å². The van der Waals surface area contributed by atoms with Crippen molar-refractivity contribution in [3.05, 3.63) is 33.7 Å². The highest BCUT2D eigenvalue weighted by molar-refractivity contribution is 5.18. The van der Waals surface area contributed by atoms with E-state index in [4.69, 9.17) is 5.73 Å². The van der Waals surface area contributed by atoms with Crippen LogP contribution in [0.2, 0.25) is 0 Å². The number of aromatic amines is 1. The standard InChI is InChI=1S/C10H16N2O/c1-7(2)3-8-4-9(5-11)10(13)12-6-8/h4,6-7H,3,5,11H2,1-2H3,(H,12,13). The third-order valence-corrected chi connectivity index (χ3v) is 1.90. The van der Waals surface area contributed by atoms with Crippen LogP contribution >= 0.6 is 0 Å². The molecule has 0 aliphatic heterocycles. The van der Waals surface area contributed by atoms with Gasteiger partial charge in [0.1, 0.15) is 0 Å². The number of aromatic nitrogens is 1. The molecule has 0 atom stereocenters. The molecule has 0 fully saturated rings. The van der Waals surface area contributed by atoms with Crippen LogP contribution < -0.4 is 11.3 Å². The van der Waals surface area contributed by atoms with Crippen molar-refractivity contribution in [2.24, 2.45) is 11.7 Å². The van der Waals surface area contributed by atoms with Gasteiger partial charge in [0, 0.05) is 18.3 Å². The van der Waals surface area contributed by atoms with Crippen molar-refractivity contribution in [3.8, 4) is 0 Å². The van der Waals surface area contributed by atoms with Crippen LogP contribution in [-0.4, -0.2) is 4.98 Å². The van der Waals surface area contributed by atoms with Crippen LogP contribution in [0.15, 0.2) is 17.1 Å². The summed E-state index contributed by atoms with van der Waals surface area (Å²) in [5.41, 5.74) is 7.17. The predicted molar refractivity (Wildman–Crippen MR) is 53.5 cm³/mol. The van der Waals surface area contributed by atoms with Gasteiger partial charge in [-0.15, -0.1) is 0 Å². The molecule has 1 rings (SSSR count). The smallest absolute Gasteiger partial charge is 0.252 e. The van der Waals surface area contributed by atoms with Crippen molar-refractivity contribution in [2.45, 2.75) is 26.8 Å². The average Bonchev–Trinajstić information content (AvgIpc) is 2.07. The fourth-order valence-corrected chi connectivity index (χ4v) is 1.32. The molecule has 1 heterocycles. The Hall–Kier alpha value is -1.09. The summed E-state index contributed by atoms with van der Waals surface area (Å²) >= 11 is 0. The molecular formula is C10H16N2O. The summed E-state index contributed by atoms with van der Waals surface area (Å²) in [6, 6.07) is 1.89. The number of pyridine rings is 1. The van der Waals surface area contributed by atoms with Gasteiger partial charge in [0.05, 0.1) is 0 Å². The molecule has 72 valence electrons. The Bertz CT molecular complexity index is 328. The van der Waals surface area contributed by atoms with Crippen molar-refractivity contribution in [2.75, 3.05) is 0 Å². The molecule has 0 saturated carbocycles. The Kier molecular flexibility index (Phi) is 3.25. The largest absolute Gasteiger partial charge is 0.329 e. The summed E-state index contributed by atoms with van der Waals surface area (Å²) in [5, 5.41) is 0. The number of hydrogen-bond acceptors (Lipinski definition) is 2. The first-order valence-electron chi connectivity index (χ1n) is 4.54. The maximum atomic E-state index is 11.2. The zero-order valence-electron chi connectivity index (χ0n) is 8.13. The normalized spacial score (nSPS) is 10.8. The molecule has 13 heavy (non-hydrogen) atoms. The minimum Gasteiger partial charge on any atom is -0.329 e. The van der Waals surface area contributed by atoms with Gasteiger partial charge >= 0.3 is 0 Å². The van der Waals surface area contributed by atoms with Crippen molar-refractivity contribution in [1.29, 1.82) is 0 Å². The summed E-state index contributed by atoms with van der Waals surface area (Å²) in [7, 11) is 0. The molecule has 0 amide bonds. The zero-order valence-corrected chi connectivity index (χ0v) is 8.13. The van der Waals surface area contributed by atoms with Gasteiger partial charge in [-0.3, -0.25) is 4.79 Å². The van der Waals surface area contributed by atoms with Crippen molar-refractivity contribution in [3.63, 3.8) is 0 Å². The van der Waals surface area contributed by atoms with E-state index in [1.807, 2.05) is 6.07 Å². The number of rotatable bonds is 3. The second kappa shape index (κ2) is 4.23. The molecule has 0 bridgehead atoms. The van der Waals surface area contributed by atoms with Crippen LogP contribution in [0.3, 0.4) is 0 Å². The highest BCUT2D eigenvalue weighted by Crippen LogP contribution is 2.06. The first-order valence-corrected chi connectivity index (χ1v) is 4.54. The number of nitrogens with two attached hydrogens (primary N) is 1. The van der Waals surface area contributed by atoms with Gasteiger partial charge in [-0.2, -0.15) is 0 Å². The predicted octanol–water partition coefficient (Wildman–Crippen LogP) is 1.03. The van der Waals surface area contributed by atoms with Crippen molar-refractivity contribution in [1.82, 2.24) is 4.98 Å². The average molecular weight is 180 g/mol. The topological polar surface area (TPSA) is 58.9 Å².